The molecule has 1 heterocycles. The summed E-state index contributed by atoms with van der Waals surface area (Å²) in [5.41, 5.74) is 0.816. The van der Waals surface area contributed by atoms with Gasteiger partial charge in [0, 0.05) is 24.3 Å². The van der Waals surface area contributed by atoms with Gasteiger partial charge in [0.15, 0.2) is 0 Å². The van der Waals surface area contributed by atoms with Crippen LogP contribution in [0.3, 0.4) is 0 Å². The molecule has 168 valence electrons. The number of amides is 1. The van der Waals surface area contributed by atoms with Crippen LogP contribution in [0.1, 0.15) is 56.8 Å². The summed E-state index contributed by atoms with van der Waals surface area (Å²) in [6.07, 6.45) is 3.75. The molecule has 6 nitrogen and oxygen atoms in total. The zero-order chi connectivity index (χ0) is 22.6. The van der Waals surface area contributed by atoms with E-state index in [1.807, 2.05) is 13.8 Å². The maximum absolute atomic E-state index is 14.0. The molecule has 1 amide bonds. The second kappa shape index (κ2) is 9.78. The van der Waals surface area contributed by atoms with Crippen molar-refractivity contribution in [3.63, 3.8) is 0 Å². The SMILES string of the molecule is CC[C@H](C)NS(=O)(=O)c1cc(NC(=O)c2ccccc2F)ccc1N1CCCC[C@H]1C. The van der Waals surface area contributed by atoms with E-state index in [4.69, 9.17) is 0 Å². The van der Waals surface area contributed by atoms with Crippen LogP contribution in [-0.4, -0.2) is 33.0 Å². The Hall–Kier alpha value is -2.45. The number of rotatable bonds is 7. The third-order valence-corrected chi connectivity index (χ3v) is 7.33. The monoisotopic (exact) mass is 447 g/mol. The number of halogens is 1. The van der Waals surface area contributed by atoms with Crippen molar-refractivity contribution in [3.05, 3.63) is 53.8 Å². The number of nitrogens with one attached hydrogen (secondary N) is 2. The van der Waals surface area contributed by atoms with E-state index in [9.17, 15) is 17.6 Å². The van der Waals surface area contributed by atoms with E-state index in [0.29, 0.717) is 17.8 Å². The topological polar surface area (TPSA) is 78.5 Å². The first-order valence-corrected chi connectivity index (χ1v) is 12.2. The van der Waals surface area contributed by atoms with Gasteiger partial charge in [0.1, 0.15) is 10.7 Å². The molecule has 0 saturated carbocycles. The molecule has 0 bridgehead atoms. The Labute approximate surface area is 183 Å². The molecule has 0 aliphatic carbocycles. The van der Waals surface area contributed by atoms with E-state index in [2.05, 4.69) is 21.9 Å². The predicted octanol–water partition coefficient (Wildman–Crippen LogP) is 4.53. The van der Waals surface area contributed by atoms with Gasteiger partial charge in [0.05, 0.1) is 11.3 Å². The first-order chi connectivity index (χ1) is 14.7. The van der Waals surface area contributed by atoms with Crippen LogP contribution >= 0.6 is 0 Å². The lowest BCUT2D eigenvalue weighted by molar-refractivity contribution is 0.102. The highest BCUT2D eigenvalue weighted by Gasteiger charge is 2.28. The molecule has 1 aliphatic rings. The van der Waals surface area contributed by atoms with Crippen LogP contribution in [0.15, 0.2) is 47.4 Å². The molecule has 1 aliphatic heterocycles. The van der Waals surface area contributed by atoms with Crippen LogP contribution in [0, 0.1) is 5.82 Å². The third-order valence-electron chi connectivity index (χ3n) is 5.71. The summed E-state index contributed by atoms with van der Waals surface area (Å²) in [4.78, 5) is 14.8. The third kappa shape index (κ3) is 5.43. The lowest BCUT2D eigenvalue weighted by atomic mass is 10.0. The zero-order valence-corrected chi connectivity index (χ0v) is 19.0. The molecule has 2 aromatic rings. The first-order valence-electron chi connectivity index (χ1n) is 10.7. The summed E-state index contributed by atoms with van der Waals surface area (Å²) in [5, 5.41) is 2.63. The largest absolute Gasteiger partial charge is 0.368 e. The molecule has 1 fully saturated rings. The molecule has 2 atom stereocenters. The molecule has 8 heteroatoms. The lowest BCUT2D eigenvalue weighted by Gasteiger charge is -2.36. The van der Waals surface area contributed by atoms with Crippen molar-refractivity contribution < 1.29 is 17.6 Å². The van der Waals surface area contributed by atoms with Crippen LogP contribution in [0.2, 0.25) is 0 Å². The molecule has 0 spiro atoms. The highest BCUT2D eigenvalue weighted by molar-refractivity contribution is 7.89. The number of carbonyl (C=O) groups is 1. The number of hydrogen-bond donors (Lipinski definition) is 2. The summed E-state index contributed by atoms with van der Waals surface area (Å²) in [6, 6.07) is 10.5. The summed E-state index contributed by atoms with van der Waals surface area (Å²) in [6.45, 7) is 6.58. The van der Waals surface area contributed by atoms with Gasteiger partial charge in [-0.3, -0.25) is 4.79 Å². The van der Waals surface area contributed by atoms with Gasteiger partial charge in [-0.15, -0.1) is 0 Å². The molecule has 2 aromatic carbocycles. The fraction of sp³-hybridized carbons (Fsp3) is 0.435. The molecule has 2 N–H and O–H groups in total. The zero-order valence-electron chi connectivity index (χ0n) is 18.2. The van der Waals surface area contributed by atoms with Crippen LogP contribution in [-0.2, 0) is 10.0 Å². The van der Waals surface area contributed by atoms with E-state index in [-0.39, 0.29) is 22.5 Å². The van der Waals surface area contributed by atoms with E-state index in [1.165, 1.54) is 24.3 Å². The summed E-state index contributed by atoms with van der Waals surface area (Å²) < 4.78 is 43.1. The van der Waals surface area contributed by atoms with Crippen molar-refractivity contribution in [2.75, 3.05) is 16.8 Å². The van der Waals surface area contributed by atoms with Crippen molar-refractivity contribution in [1.29, 1.82) is 0 Å². The summed E-state index contributed by atoms with van der Waals surface area (Å²) in [5.74, 6) is -1.26. The number of hydrogen-bond acceptors (Lipinski definition) is 4. The van der Waals surface area contributed by atoms with E-state index in [0.717, 1.165) is 25.8 Å². The number of piperidine rings is 1. The summed E-state index contributed by atoms with van der Waals surface area (Å²) >= 11 is 0. The van der Waals surface area contributed by atoms with Crippen LogP contribution in [0.25, 0.3) is 0 Å². The van der Waals surface area contributed by atoms with Crippen LogP contribution in [0.4, 0.5) is 15.8 Å². The predicted molar refractivity (Wildman–Crippen MR) is 122 cm³/mol. The molecular weight excluding hydrogens is 417 g/mol. The van der Waals surface area contributed by atoms with Gasteiger partial charge >= 0.3 is 0 Å². The van der Waals surface area contributed by atoms with Crippen molar-refractivity contribution in [1.82, 2.24) is 4.72 Å². The van der Waals surface area contributed by atoms with E-state index >= 15 is 0 Å². The van der Waals surface area contributed by atoms with Crippen molar-refractivity contribution in [2.24, 2.45) is 0 Å². The minimum atomic E-state index is -3.82. The van der Waals surface area contributed by atoms with Gasteiger partial charge in [-0.1, -0.05) is 19.1 Å². The standard InChI is InChI=1S/C23H30FN3O3S/c1-4-16(2)26-31(29,30)22-15-18(25-23(28)19-10-5-6-11-20(19)24)12-13-21(22)27-14-8-7-9-17(27)3/h5-6,10-13,15-17,26H,4,7-9,14H2,1-3H3,(H,25,28)/t16-,17+/m0/s1. The number of nitrogens with zero attached hydrogens (tertiary/aromatic N) is 1. The van der Waals surface area contributed by atoms with Gasteiger partial charge in [-0.05, 0) is 69.9 Å². The Kier molecular flexibility index (Phi) is 7.33. The van der Waals surface area contributed by atoms with Gasteiger partial charge in [0.25, 0.3) is 5.91 Å². The Morgan fingerprint density at radius 2 is 1.97 bits per heavy atom. The average Bonchev–Trinajstić information content (AvgIpc) is 2.74. The number of carbonyl (C=O) groups excluding carboxylic acids is 1. The highest BCUT2D eigenvalue weighted by Crippen LogP contribution is 2.33. The molecule has 1 saturated heterocycles. The van der Waals surface area contributed by atoms with Gasteiger partial charge in [-0.25, -0.2) is 17.5 Å². The number of benzene rings is 2. The Morgan fingerprint density at radius 3 is 2.65 bits per heavy atom. The maximum atomic E-state index is 14.0. The molecule has 31 heavy (non-hydrogen) atoms. The Balaban J connectivity index is 1.99. The smallest absolute Gasteiger partial charge is 0.258 e. The number of sulfonamides is 1. The van der Waals surface area contributed by atoms with Crippen molar-refractivity contribution >= 4 is 27.3 Å². The van der Waals surface area contributed by atoms with E-state index in [1.54, 1.807) is 18.2 Å². The van der Waals surface area contributed by atoms with Gasteiger partial charge in [0.2, 0.25) is 10.0 Å². The molecule has 0 radical (unpaired) electrons. The van der Waals surface area contributed by atoms with Crippen LogP contribution in [0.5, 0.6) is 0 Å². The molecule has 0 aromatic heterocycles. The number of anilines is 2. The van der Waals surface area contributed by atoms with Gasteiger partial charge < -0.3 is 10.2 Å². The lowest BCUT2D eigenvalue weighted by Crippen LogP contribution is -2.39. The first kappa shape index (κ1) is 23.2. The Morgan fingerprint density at radius 1 is 1.23 bits per heavy atom. The second-order valence-corrected chi connectivity index (χ2v) is 9.77. The summed E-state index contributed by atoms with van der Waals surface area (Å²) in [7, 11) is -3.82. The fourth-order valence-electron chi connectivity index (χ4n) is 3.76. The highest BCUT2D eigenvalue weighted by atomic mass is 32.2. The minimum absolute atomic E-state index is 0.0987. The fourth-order valence-corrected chi connectivity index (χ4v) is 5.32. The second-order valence-electron chi connectivity index (χ2n) is 8.09. The van der Waals surface area contributed by atoms with Gasteiger partial charge in [-0.2, -0.15) is 0 Å². The molecular formula is C23H30FN3O3S. The van der Waals surface area contributed by atoms with Crippen molar-refractivity contribution in [3.8, 4) is 0 Å². The normalized spacial score (nSPS) is 17.9. The van der Waals surface area contributed by atoms with Crippen LogP contribution < -0.4 is 14.9 Å². The average molecular weight is 448 g/mol. The minimum Gasteiger partial charge on any atom is -0.368 e. The molecule has 0 unspecified atom stereocenters. The maximum Gasteiger partial charge on any atom is 0.258 e. The van der Waals surface area contributed by atoms with E-state index < -0.39 is 21.7 Å². The quantitative estimate of drug-likeness (QED) is 0.654. The van der Waals surface area contributed by atoms with Crippen molar-refractivity contribution in [2.45, 2.75) is 63.4 Å². The molecule has 3 rings (SSSR count). The Bertz CT molecular complexity index is 1040.